The number of benzene rings is 1. The van der Waals surface area contributed by atoms with Crippen LogP contribution in [0.15, 0.2) is 41.7 Å². The average Bonchev–Trinajstić information content (AvgIpc) is 2.74. The van der Waals surface area contributed by atoms with E-state index in [1.807, 2.05) is 23.1 Å². The third kappa shape index (κ3) is 3.65. The second-order valence-electron chi connectivity index (χ2n) is 6.61. The molecule has 0 aliphatic carbocycles. The summed E-state index contributed by atoms with van der Waals surface area (Å²) in [6, 6.07) is 5.73. The number of halogens is 1. The maximum atomic E-state index is 13.0. The summed E-state index contributed by atoms with van der Waals surface area (Å²) >= 11 is 0. The Morgan fingerprint density at radius 1 is 1.07 bits per heavy atom. The largest absolute Gasteiger partial charge is 0.383 e. The van der Waals surface area contributed by atoms with Gasteiger partial charge < -0.3 is 14.5 Å². The van der Waals surface area contributed by atoms with Crippen molar-refractivity contribution >= 4 is 22.5 Å². The molecule has 146 valence electrons. The summed E-state index contributed by atoms with van der Waals surface area (Å²) in [5, 5.41) is 0.598. The van der Waals surface area contributed by atoms with Crippen LogP contribution in [0.1, 0.15) is 0 Å². The molecule has 9 heteroatoms. The monoisotopic (exact) mass is 384 g/mol. The zero-order chi connectivity index (χ0) is 19.5. The zero-order valence-electron chi connectivity index (χ0n) is 15.6. The predicted octanol–water partition coefficient (Wildman–Crippen LogP) is 1.30. The van der Waals surface area contributed by atoms with E-state index in [2.05, 4.69) is 19.9 Å². The molecule has 8 nitrogen and oxygen atoms in total. The number of rotatable bonds is 5. The zero-order valence-corrected chi connectivity index (χ0v) is 15.6. The van der Waals surface area contributed by atoms with E-state index in [0.717, 1.165) is 31.9 Å². The lowest BCUT2D eigenvalue weighted by atomic mass is 10.2. The van der Waals surface area contributed by atoms with E-state index in [-0.39, 0.29) is 5.56 Å². The lowest BCUT2D eigenvalue weighted by molar-refractivity contribution is 0.186. The Hall–Kier alpha value is -3.07. The van der Waals surface area contributed by atoms with Gasteiger partial charge >= 0.3 is 0 Å². The van der Waals surface area contributed by atoms with Crippen molar-refractivity contribution in [3.8, 4) is 0 Å². The molecule has 1 aliphatic rings. The predicted molar refractivity (Wildman–Crippen MR) is 104 cm³/mol. The van der Waals surface area contributed by atoms with E-state index in [0.29, 0.717) is 30.0 Å². The lowest BCUT2D eigenvalue weighted by Crippen LogP contribution is -2.47. The Kier molecular flexibility index (Phi) is 5.16. The minimum Gasteiger partial charge on any atom is -0.383 e. The molecule has 1 aromatic carbocycles. The van der Waals surface area contributed by atoms with Crippen LogP contribution in [0, 0.1) is 5.82 Å². The number of methoxy groups -OCH3 is 1. The third-order valence-corrected chi connectivity index (χ3v) is 4.88. The van der Waals surface area contributed by atoms with Crippen molar-refractivity contribution in [2.75, 3.05) is 49.7 Å². The Labute approximate surface area is 161 Å². The molecule has 0 radical (unpaired) electrons. The van der Waals surface area contributed by atoms with Gasteiger partial charge in [0.25, 0.3) is 5.56 Å². The number of hydrogen-bond acceptors (Lipinski definition) is 7. The van der Waals surface area contributed by atoms with Crippen LogP contribution < -0.4 is 15.4 Å². The van der Waals surface area contributed by atoms with Gasteiger partial charge in [0.05, 0.1) is 42.8 Å². The highest BCUT2D eigenvalue weighted by Gasteiger charge is 2.20. The van der Waals surface area contributed by atoms with E-state index >= 15 is 0 Å². The molecule has 0 spiro atoms. The Balaban J connectivity index is 1.49. The second kappa shape index (κ2) is 7.89. The quantitative estimate of drug-likeness (QED) is 0.656. The smallest absolute Gasteiger partial charge is 0.261 e. The molecule has 2 aromatic heterocycles. The Morgan fingerprint density at radius 3 is 2.50 bits per heavy atom. The first-order chi connectivity index (χ1) is 13.7. The number of hydrogen-bond donors (Lipinski definition) is 0. The summed E-state index contributed by atoms with van der Waals surface area (Å²) in [4.78, 5) is 29.3. The fourth-order valence-electron chi connectivity index (χ4n) is 3.33. The van der Waals surface area contributed by atoms with Crippen molar-refractivity contribution in [3.63, 3.8) is 0 Å². The maximum Gasteiger partial charge on any atom is 0.261 e. The SMILES string of the molecule is COCCn1cnc2cc(N3CCN(c4ncc(F)cn4)CC3)ccc2c1=O. The topological polar surface area (TPSA) is 76.4 Å². The van der Waals surface area contributed by atoms with Crippen LogP contribution >= 0.6 is 0 Å². The molecule has 0 atom stereocenters. The van der Waals surface area contributed by atoms with Gasteiger partial charge in [0.2, 0.25) is 5.95 Å². The van der Waals surface area contributed by atoms with Gasteiger partial charge in [-0.15, -0.1) is 0 Å². The highest BCUT2D eigenvalue weighted by Crippen LogP contribution is 2.21. The molecule has 3 heterocycles. The lowest BCUT2D eigenvalue weighted by Gasteiger charge is -2.36. The molecule has 3 aromatic rings. The minimum atomic E-state index is -0.438. The molecule has 0 amide bonds. The summed E-state index contributed by atoms with van der Waals surface area (Å²) in [6.45, 7) is 3.96. The van der Waals surface area contributed by atoms with E-state index < -0.39 is 5.82 Å². The van der Waals surface area contributed by atoms with E-state index in [1.54, 1.807) is 18.0 Å². The first-order valence-corrected chi connectivity index (χ1v) is 9.11. The van der Waals surface area contributed by atoms with Crippen LogP contribution in [0.4, 0.5) is 16.0 Å². The van der Waals surface area contributed by atoms with Crippen molar-refractivity contribution in [2.24, 2.45) is 0 Å². The van der Waals surface area contributed by atoms with Crippen molar-refractivity contribution in [1.82, 2.24) is 19.5 Å². The van der Waals surface area contributed by atoms with E-state index in [9.17, 15) is 9.18 Å². The molecular formula is C19H21FN6O2. The normalized spacial score (nSPS) is 14.6. The van der Waals surface area contributed by atoms with Gasteiger partial charge in [-0.2, -0.15) is 0 Å². The molecule has 0 bridgehead atoms. The number of aromatic nitrogens is 4. The van der Waals surface area contributed by atoms with Gasteiger partial charge in [0.1, 0.15) is 0 Å². The number of piperazine rings is 1. The van der Waals surface area contributed by atoms with E-state index in [4.69, 9.17) is 4.74 Å². The third-order valence-electron chi connectivity index (χ3n) is 4.88. The highest BCUT2D eigenvalue weighted by atomic mass is 19.1. The second-order valence-corrected chi connectivity index (χ2v) is 6.61. The Bertz CT molecular complexity index is 1020. The van der Waals surface area contributed by atoms with Crippen LogP contribution in [-0.2, 0) is 11.3 Å². The molecule has 1 fully saturated rings. The van der Waals surface area contributed by atoms with Gasteiger partial charge in [-0.25, -0.2) is 19.3 Å². The first kappa shape index (κ1) is 18.3. The Morgan fingerprint density at radius 2 is 1.79 bits per heavy atom. The van der Waals surface area contributed by atoms with Gasteiger partial charge in [-0.05, 0) is 18.2 Å². The van der Waals surface area contributed by atoms with Gasteiger partial charge in [0, 0.05) is 39.0 Å². The fourth-order valence-corrected chi connectivity index (χ4v) is 3.33. The van der Waals surface area contributed by atoms with Gasteiger partial charge in [0.15, 0.2) is 5.82 Å². The van der Waals surface area contributed by atoms with Crippen LogP contribution in [0.3, 0.4) is 0 Å². The molecule has 1 saturated heterocycles. The summed E-state index contributed by atoms with van der Waals surface area (Å²) < 4.78 is 19.6. The number of ether oxygens (including phenoxy) is 1. The standard InChI is InChI=1S/C19H21FN6O2/c1-28-9-8-26-13-23-17-10-15(2-3-16(17)18(26)27)24-4-6-25(7-5-24)19-21-11-14(20)12-22-19/h2-3,10-13H,4-9H2,1H3. The van der Waals surface area contributed by atoms with Crippen LogP contribution in [0.5, 0.6) is 0 Å². The van der Waals surface area contributed by atoms with Crippen LogP contribution in [0.2, 0.25) is 0 Å². The first-order valence-electron chi connectivity index (χ1n) is 9.11. The number of anilines is 2. The molecule has 0 N–H and O–H groups in total. The average molecular weight is 384 g/mol. The molecule has 1 aliphatic heterocycles. The van der Waals surface area contributed by atoms with Crippen LogP contribution in [-0.4, -0.2) is 59.4 Å². The van der Waals surface area contributed by atoms with Crippen molar-refractivity contribution in [1.29, 1.82) is 0 Å². The highest BCUT2D eigenvalue weighted by molar-refractivity contribution is 5.81. The van der Waals surface area contributed by atoms with Crippen molar-refractivity contribution < 1.29 is 9.13 Å². The molecule has 4 rings (SSSR count). The number of nitrogens with zero attached hydrogens (tertiary/aromatic N) is 6. The van der Waals surface area contributed by atoms with Crippen molar-refractivity contribution in [2.45, 2.75) is 6.54 Å². The number of fused-ring (bicyclic) bond motifs is 1. The summed E-state index contributed by atoms with van der Waals surface area (Å²) in [5.74, 6) is 0.102. The summed E-state index contributed by atoms with van der Waals surface area (Å²) in [7, 11) is 1.60. The molecule has 0 unspecified atom stereocenters. The van der Waals surface area contributed by atoms with Crippen LogP contribution in [0.25, 0.3) is 10.9 Å². The van der Waals surface area contributed by atoms with E-state index in [1.165, 1.54) is 12.4 Å². The fraction of sp³-hybridized carbons (Fsp3) is 0.368. The minimum absolute atomic E-state index is 0.0631. The van der Waals surface area contributed by atoms with Crippen molar-refractivity contribution in [3.05, 3.63) is 53.1 Å². The summed E-state index contributed by atoms with van der Waals surface area (Å²) in [5.41, 5.74) is 1.64. The van der Waals surface area contributed by atoms with Gasteiger partial charge in [-0.1, -0.05) is 0 Å². The molecule has 28 heavy (non-hydrogen) atoms. The molecule has 0 saturated carbocycles. The van der Waals surface area contributed by atoms with Gasteiger partial charge in [-0.3, -0.25) is 9.36 Å². The maximum absolute atomic E-state index is 13.0. The summed E-state index contributed by atoms with van der Waals surface area (Å²) in [6.07, 6.45) is 3.93. The molecular weight excluding hydrogens is 363 g/mol.